The first kappa shape index (κ1) is 21.7. The Bertz CT molecular complexity index is 893. The lowest BCUT2D eigenvalue weighted by Crippen LogP contribution is -2.45. The molecule has 0 spiro atoms. The highest BCUT2D eigenvalue weighted by Crippen LogP contribution is 2.28. The second-order valence-corrected chi connectivity index (χ2v) is 8.08. The third-order valence-electron chi connectivity index (χ3n) is 4.74. The zero-order valence-corrected chi connectivity index (χ0v) is 18.1. The number of carbonyl (C=O) groups excluding carboxylic acids is 1. The normalized spacial score (nSPS) is 13.0. The van der Waals surface area contributed by atoms with Crippen molar-refractivity contribution in [2.75, 3.05) is 12.4 Å². The third-order valence-corrected chi connectivity index (χ3v) is 5.64. The quantitative estimate of drug-likeness (QED) is 0.623. The number of nitrogens with zero attached hydrogens (tertiary/aromatic N) is 3. The van der Waals surface area contributed by atoms with Crippen LogP contribution in [0.25, 0.3) is 10.9 Å². The Hall–Kier alpha value is -1.59. The van der Waals surface area contributed by atoms with Crippen molar-refractivity contribution in [1.82, 2.24) is 14.5 Å². The third kappa shape index (κ3) is 4.30. The molecule has 2 aromatic rings. The Morgan fingerprint density at radius 2 is 2.00 bits per heavy atom. The average Bonchev–Trinajstić information content (AvgIpc) is 2.65. The molecule has 0 N–H and O–H groups in total. The fraction of sp³-hybridized carbons (Fsp3) is 0.550. The number of amides is 1. The van der Waals surface area contributed by atoms with Gasteiger partial charge in [-0.15, -0.1) is 11.6 Å². The maximum atomic E-state index is 13.1. The molecular formula is C20H27Cl2N3O2. The van der Waals surface area contributed by atoms with E-state index in [4.69, 9.17) is 28.2 Å². The van der Waals surface area contributed by atoms with Crippen LogP contribution in [0, 0.1) is 5.41 Å². The number of rotatable bonds is 7. The molecule has 0 radical (unpaired) electrons. The van der Waals surface area contributed by atoms with E-state index in [1.165, 1.54) is 0 Å². The van der Waals surface area contributed by atoms with Crippen LogP contribution in [0.15, 0.2) is 23.0 Å². The van der Waals surface area contributed by atoms with Crippen LogP contribution in [0.1, 0.15) is 52.9 Å². The summed E-state index contributed by atoms with van der Waals surface area (Å²) in [6, 6.07) is 4.74. The summed E-state index contributed by atoms with van der Waals surface area (Å²) in [5, 5.41) is 0.978. The van der Waals surface area contributed by atoms with E-state index in [9.17, 15) is 9.59 Å². The molecule has 148 valence electrons. The van der Waals surface area contributed by atoms with Crippen LogP contribution in [0.4, 0.5) is 0 Å². The number of benzene rings is 1. The van der Waals surface area contributed by atoms with E-state index >= 15 is 0 Å². The number of carbonyl (C=O) groups is 1. The van der Waals surface area contributed by atoms with Gasteiger partial charge in [-0.3, -0.25) is 14.2 Å². The summed E-state index contributed by atoms with van der Waals surface area (Å²) in [5.74, 6) is 0.757. The van der Waals surface area contributed by atoms with Gasteiger partial charge in [0.05, 0.1) is 22.4 Å². The van der Waals surface area contributed by atoms with Crippen LogP contribution in [0.2, 0.25) is 5.02 Å². The van der Waals surface area contributed by atoms with E-state index in [2.05, 4.69) is 0 Å². The summed E-state index contributed by atoms with van der Waals surface area (Å²) in [5.41, 5.74) is -0.254. The molecule has 0 bridgehead atoms. The van der Waals surface area contributed by atoms with Crippen LogP contribution in [0.5, 0.6) is 0 Å². The molecular weight excluding hydrogens is 385 g/mol. The molecule has 0 aliphatic rings. The summed E-state index contributed by atoms with van der Waals surface area (Å²) < 4.78 is 1.62. The van der Waals surface area contributed by atoms with Gasteiger partial charge in [-0.2, -0.15) is 0 Å². The summed E-state index contributed by atoms with van der Waals surface area (Å²) in [4.78, 5) is 32.6. The number of aromatic nitrogens is 2. The van der Waals surface area contributed by atoms with E-state index < -0.39 is 5.41 Å². The van der Waals surface area contributed by atoms with Gasteiger partial charge in [0, 0.05) is 24.0 Å². The van der Waals surface area contributed by atoms with Crippen LogP contribution in [-0.2, 0) is 11.3 Å². The van der Waals surface area contributed by atoms with Crippen molar-refractivity contribution in [3.8, 4) is 0 Å². The molecule has 0 aliphatic heterocycles. The largest absolute Gasteiger partial charge is 0.332 e. The lowest BCUT2D eigenvalue weighted by molar-refractivity contribution is -0.141. The summed E-state index contributed by atoms with van der Waals surface area (Å²) in [6.45, 7) is 10.5. The fourth-order valence-corrected chi connectivity index (χ4v) is 3.42. The Balaban J connectivity index is 2.63. The van der Waals surface area contributed by atoms with Crippen LogP contribution in [0.3, 0.4) is 0 Å². The first-order valence-electron chi connectivity index (χ1n) is 9.25. The van der Waals surface area contributed by atoms with Crippen LogP contribution < -0.4 is 5.56 Å². The molecule has 2 rings (SSSR count). The van der Waals surface area contributed by atoms with Crippen LogP contribution in [-0.4, -0.2) is 32.8 Å². The Labute approximate surface area is 170 Å². The lowest BCUT2D eigenvalue weighted by Gasteiger charge is -2.35. The molecule has 1 atom stereocenters. The number of halogens is 2. The first-order valence-corrected chi connectivity index (χ1v) is 10.2. The molecule has 1 aromatic carbocycles. The van der Waals surface area contributed by atoms with Gasteiger partial charge >= 0.3 is 0 Å². The standard InChI is InChI=1S/C20H27Cl2N3O2/c1-6-10-25(19(27)20(4,5)12-21)13(3)17-23-16-9-8-14(22)11-15(16)18(26)24(17)7-2/h8-9,11,13H,6-7,10,12H2,1-5H3. The number of fused-ring (bicyclic) bond motifs is 1. The van der Waals surface area contributed by atoms with Gasteiger partial charge in [-0.05, 0) is 52.3 Å². The molecule has 5 nitrogen and oxygen atoms in total. The summed E-state index contributed by atoms with van der Waals surface area (Å²) >= 11 is 12.1. The Morgan fingerprint density at radius 3 is 2.56 bits per heavy atom. The molecule has 1 amide bonds. The maximum absolute atomic E-state index is 13.1. The minimum atomic E-state index is -0.688. The molecule has 7 heteroatoms. The lowest BCUT2D eigenvalue weighted by atomic mass is 9.93. The van der Waals surface area contributed by atoms with Gasteiger partial charge in [0.2, 0.25) is 5.91 Å². The monoisotopic (exact) mass is 411 g/mol. The second kappa shape index (κ2) is 8.61. The zero-order chi connectivity index (χ0) is 20.4. The highest BCUT2D eigenvalue weighted by atomic mass is 35.5. The van der Waals surface area contributed by atoms with E-state index in [1.54, 1.807) is 27.7 Å². The van der Waals surface area contributed by atoms with Crippen molar-refractivity contribution in [2.24, 2.45) is 5.41 Å². The van der Waals surface area contributed by atoms with E-state index in [0.29, 0.717) is 34.8 Å². The molecule has 1 unspecified atom stereocenters. The highest BCUT2D eigenvalue weighted by molar-refractivity contribution is 6.31. The SMILES string of the molecule is CCCN(C(=O)C(C)(C)CCl)C(C)c1nc2ccc(Cl)cc2c(=O)n1CC. The average molecular weight is 412 g/mol. The number of hydrogen-bond acceptors (Lipinski definition) is 3. The van der Waals surface area contributed by atoms with Crippen molar-refractivity contribution in [1.29, 1.82) is 0 Å². The van der Waals surface area contributed by atoms with Crippen LogP contribution >= 0.6 is 23.2 Å². The zero-order valence-electron chi connectivity index (χ0n) is 16.6. The number of alkyl halides is 1. The van der Waals surface area contributed by atoms with Gasteiger partial charge < -0.3 is 4.90 Å². The second-order valence-electron chi connectivity index (χ2n) is 7.37. The predicted octanol–water partition coefficient (Wildman–Crippen LogP) is 4.63. The molecule has 27 heavy (non-hydrogen) atoms. The maximum Gasteiger partial charge on any atom is 0.261 e. The van der Waals surface area contributed by atoms with Crippen molar-refractivity contribution >= 4 is 40.0 Å². The topological polar surface area (TPSA) is 55.2 Å². The first-order chi connectivity index (χ1) is 12.7. The van der Waals surface area contributed by atoms with Crippen molar-refractivity contribution in [3.63, 3.8) is 0 Å². The smallest absolute Gasteiger partial charge is 0.261 e. The molecule has 0 fully saturated rings. The molecule has 1 heterocycles. The summed E-state index contributed by atoms with van der Waals surface area (Å²) in [7, 11) is 0. The van der Waals surface area contributed by atoms with E-state index in [-0.39, 0.29) is 23.4 Å². The molecule has 0 saturated heterocycles. The fourth-order valence-electron chi connectivity index (χ4n) is 3.13. The molecule has 0 saturated carbocycles. The molecule has 1 aromatic heterocycles. The van der Waals surface area contributed by atoms with E-state index in [0.717, 1.165) is 6.42 Å². The van der Waals surface area contributed by atoms with Gasteiger partial charge in [0.1, 0.15) is 5.82 Å². The van der Waals surface area contributed by atoms with Gasteiger partial charge in [-0.1, -0.05) is 18.5 Å². The number of hydrogen-bond donors (Lipinski definition) is 0. The Morgan fingerprint density at radius 1 is 1.33 bits per heavy atom. The highest BCUT2D eigenvalue weighted by Gasteiger charge is 2.35. The van der Waals surface area contributed by atoms with Gasteiger partial charge in [-0.25, -0.2) is 4.98 Å². The van der Waals surface area contributed by atoms with Crippen molar-refractivity contribution in [2.45, 2.75) is 53.6 Å². The molecule has 0 aliphatic carbocycles. The minimum absolute atomic E-state index is 0.0417. The Kier molecular flexibility index (Phi) is 6.92. The van der Waals surface area contributed by atoms with Gasteiger partial charge in [0.15, 0.2) is 0 Å². The predicted molar refractivity (Wildman–Crippen MR) is 112 cm³/mol. The van der Waals surface area contributed by atoms with Crippen molar-refractivity contribution < 1.29 is 4.79 Å². The van der Waals surface area contributed by atoms with Gasteiger partial charge in [0.25, 0.3) is 5.56 Å². The summed E-state index contributed by atoms with van der Waals surface area (Å²) in [6.07, 6.45) is 0.800. The van der Waals surface area contributed by atoms with E-state index in [1.807, 2.05) is 34.6 Å². The van der Waals surface area contributed by atoms with Crippen molar-refractivity contribution in [3.05, 3.63) is 39.4 Å². The minimum Gasteiger partial charge on any atom is -0.332 e.